The van der Waals surface area contributed by atoms with Crippen molar-refractivity contribution in [1.29, 1.82) is 0 Å². The van der Waals surface area contributed by atoms with Crippen molar-refractivity contribution in [3.05, 3.63) is 23.1 Å². The molecule has 0 aliphatic heterocycles. The number of Topliss-reactive ketones (excluding diaryl/α,β-unsaturated/α-hetero) is 1. The van der Waals surface area contributed by atoms with Crippen LogP contribution in [0.2, 0.25) is 0 Å². The normalized spacial score (nSPS) is 11.8. The van der Waals surface area contributed by atoms with E-state index in [1.807, 2.05) is 24.5 Å². The largest absolute Gasteiger partial charge is 0.496 e. The van der Waals surface area contributed by atoms with Crippen molar-refractivity contribution in [3.63, 3.8) is 0 Å². The smallest absolute Gasteiger partial charge is 0.306 e. The number of fused-ring (bicyclic) bond motifs is 1. The molecule has 1 aromatic heterocycles. The lowest BCUT2D eigenvalue weighted by Crippen LogP contribution is -2.13. The van der Waals surface area contributed by atoms with Gasteiger partial charge >= 0.3 is 5.97 Å². The molecule has 1 atom stereocenters. The number of thiophene rings is 1. The Labute approximate surface area is 144 Å². The van der Waals surface area contributed by atoms with E-state index < -0.39 is 11.9 Å². The number of carbonyl (C=O) groups excluding carboxylic acids is 1. The highest BCUT2D eigenvalue weighted by Crippen LogP contribution is 2.36. The van der Waals surface area contributed by atoms with Crippen molar-refractivity contribution >= 4 is 58.4 Å². The van der Waals surface area contributed by atoms with Crippen LogP contribution >= 0.6 is 36.6 Å². The molecular weight excluding hydrogens is 340 g/mol. The second-order valence-corrected chi connectivity index (χ2v) is 6.65. The number of carboxylic acid groups (broad SMARTS) is 1. The minimum Gasteiger partial charge on any atom is -0.496 e. The Morgan fingerprint density at radius 2 is 2.05 bits per heavy atom. The highest BCUT2D eigenvalue weighted by Gasteiger charge is 2.19. The zero-order chi connectivity index (χ0) is 15.6. The average molecular weight is 359 g/mol. The molecule has 7 heteroatoms. The fourth-order valence-corrected chi connectivity index (χ4v) is 3.66. The molecular formula is C15H18O4S3. The molecule has 0 saturated heterocycles. The molecule has 0 aliphatic rings. The monoisotopic (exact) mass is 358 g/mol. The number of hydrogen-bond donors (Lipinski definition) is 1. The van der Waals surface area contributed by atoms with Crippen LogP contribution in [-0.4, -0.2) is 30.2 Å². The quantitative estimate of drug-likeness (QED) is 0.624. The third-order valence-electron chi connectivity index (χ3n) is 3.21. The molecule has 0 saturated carbocycles. The van der Waals surface area contributed by atoms with Gasteiger partial charge in [-0.1, -0.05) is 6.92 Å². The van der Waals surface area contributed by atoms with Gasteiger partial charge in [0.05, 0.1) is 22.8 Å². The SMILES string of the molecule is COc1cc2cc(C(=O)C[C@H](C)C(=O)O)sc2cc1SC.S. The van der Waals surface area contributed by atoms with E-state index in [4.69, 9.17) is 9.84 Å². The van der Waals surface area contributed by atoms with Crippen molar-refractivity contribution < 1.29 is 19.4 Å². The van der Waals surface area contributed by atoms with Gasteiger partial charge in [-0.3, -0.25) is 9.59 Å². The third-order valence-corrected chi connectivity index (χ3v) is 5.11. The van der Waals surface area contributed by atoms with Crippen molar-refractivity contribution in [2.24, 2.45) is 5.92 Å². The Kier molecular flexibility index (Phi) is 6.77. The molecule has 22 heavy (non-hydrogen) atoms. The molecule has 1 N–H and O–H groups in total. The average Bonchev–Trinajstić information content (AvgIpc) is 2.88. The van der Waals surface area contributed by atoms with E-state index in [-0.39, 0.29) is 25.7 Å². The standard InChI is InChI=1S/C15H16O4S2.H2S/c1-8(15(17)18)4-10(16)13-6-9-5-11(19-2)14(20-3)7-12(9)21-13;/h5-8H,4H2,1-3H3,(H,17,18);1H2/t8-;/m0./s1. The molecule has 0 bridgehead atoms. The first-order valence-electron chi connectivity index (χ1n) is 6.37. The molecule has 0 unspecified atom stereocenters. The number of carbonyl (C=O) groups is 2. The summed E-state index contributed by atoms with van der Waals surface area (Å²) in [6.45, 7) is 1.54. The fraction of sp³-hybridized carbons (Fsp3) is 0.333. The van der Waals surface area contributed by atoms with Gasteiger partial charge in [0.1, 0.15) is 5.75 Å². The molecule has 4 nitrogen and oxygen atoms in total. The molecule has 2 rings (SSSR count). The van der Waals surface area contributed by atoms with Crippen LogP contribution in [0.3, 0.4) is 0 Å². The molecule has 0 aliphatic carbocycles. The van der Waals surface area contributed by atoms with Crippen molar-refractivity contribution in [2.45, 2.75) is 18.2 Å². The van der Waals surface area contributed by atoms with Crippen molar-refractivity contribution in [3.8, 4) is 5.75 Å². The molecule has 0 amide bonds. The number of rotatable bonds is 6. The fourth-order valence-electron chi connectivity index (χ4n) is 1.97. The lowest BCUT2D eigenvalue weighted by molar-refractivity contribution is -0.141. The van der Waals surface area contributed by atoms with Gasteiger partial charge < -0.3 is 9.84 Å². The van der Waals surface area contributed by atoms with Gasteiger partial charge in [0.15, 0.2) is 5.78 Å². The van der Waals surface area contributed by atoms with Crippen LogP contribution in [0.25, 0.3) is 10.1 Å². The summed E-state index contributed by atoms with van der Waals surface area (Å²) in [5.41, 5.74) is 0. The Bertz CT molecular complexity index is 652. The maximum absolute atomic E-state index is 12.1. The molecule has 0 radical (unpaired) electrons. The van der Waals surface area contributed by atoms with Crippen LogP contribution < -0.4 is 4.74 Å². The van der Waals surface area contributed by atoms with Crippen LogP contribution in [0, 0.1) is 5.92 Å². The minimum absolute atomic E-state index is 0. The van der Waals surface area contributed by atoms with Crippen LogP contribution in [0.15, 0.2) is 23.1 Å². The Balaban J connectivity index is 0.00000242. The van der Waals surface area contributed by atoms with Crippen LogP contribution in [0.5, 0.6) is 5.75 Å². The summed E-state index contributed by atoms with van der Waals surface area (Å²) in [4.78, 5) is 24.6. The van der Waals surface area contributed by atoms with Crippen LogP contribution in [-0.2, 0) is 4.79 Å². The molecule has 120 valence electrons. The highest BCUT2D eigenvalue weighted by atomic mass is 32.2. The summed E-state index contributed by atoms with van der Waals surface area (Å²) in [5.74, 6) is -0.962. The summed E-state index contributed by atoms with van der Waals surface area (Å²) < 4.78 is 6.34. The van der Waals surface area contributed by atoms with Crippen molar-refractivity contribution in [2.75, 3.05) is 13.4 Å². The summed E-state index contributed by atoms with van der Waals surface area (Å²) in [6, 6.07) is 5.72. The number of benzene rings is 1. The zero-order valence-corrected chi connectivity index (χ0v) is 15.1. The first-order chi connectivity index (χ1) is 9.96. The first kappa shape index (κ1) is 18.9. The van der Waals surface area contributed by atoms with Crippen LogP contribution in [0.1, 0.15) is 23.0 Å². The van der Waals surface area contributed by atoms with Gasteiger partial charge in [0.25, 0.3) is 0 Å². The topological polar surface area (TPSA) is 63.6 Å². The number of aliphatic carboxylic acids is 1. The lowest BCUT2D eigenvalue weighted by Gasteiger charge is -2.05. The summed E-state index contributed by atoms with van der Waals surface area (Å²) >= 11 is 2.98. The number of ether oxygens (including phenoxy) is 1. The molecule has 2 aromatic rings. The van der Waals surface area contributed by atoms with Crippen LogP contribution in [0.4, 0.5) is 0 Å². The second kappa shape index (κ2) is 7.89. The van der Waals surface area contributed by atoms with Gasteiger partial charge in [-0.25, -0.2) is 0 Å². The van der Waals surface area contributed by atoms with Gasteiger partial charge in [-0.05, 0) is 29.8 Å². The zero-order valence-electron chi connectivity index (χ0n) is 12.5. The summed E-state index contributed by atoms with van der Waals surface area (Å²) in [6.07, 6.45) is 1.99. The summed E-state index contributed by atoms with van der Waals surface area (Å²) in [5, 5.41) is 9.83. The number of carboxylic acids is 1. The second-order valence-electron chi connectivity index (χ2n) is 4.72. The van der Waals surface area contributed by atoms with E-state index in [1.54, 1.807) is 25.8 Å². The van der Waals surface area contributed by atoms with E-state index in [0.29, 0.717) is 4.88 Å². The predicted octanol–water partition coefficient (Wildman–Crippen LogP) is 4.04. The van der Waals surface area contributed by atoms with E-state index in [0.717, 1.165) is 20.7 Å². The van der Waals surface area contributed by atoms with Gasteiger partial charge in [0, 0.05) is 11.1 Å². The Morgan fingerprint density at radius 3 is 2.59 bits per heavy atom. The number of thioether (sulfide) groups is 1. The molecule has 1 heterocycles. The number of methoxy groups -OCH3 is 1. The maximum Gasteiger partial charge on any atom is 0.306 e. The van der Waals surface area contributed by atoms with Crippen molar-refractivity contribution in [1.82, 2.24) is 0 Å². The Hall–Kier alpha value is -1.18. The minimum atomic E-state index is -0.948. The van der Waals surface area contributed by atoms with Gasteiger partial charge in [-0.2, -0.15) is 13.5 Å². The van der Waals surface area contributed by atoms with Gasteiger partial charge in [0.2, 0.25) is 0 Å². The van der Waals surface area contributed by atoms with E-state index in [2.05, 4.69) is 0 Å². The van der Waals surface area contributed by atoms with E-state index in [1.165, 1.54) is 11.3 Å². The summed E-state index contributed by atoms with van der Waals surface area (Å²) in [7, 11) is 1.62. The molecule has 0 spiro atoms. The molecule has 1 aromatic carbocycles. The molecule has 0 fully saturated rings. The first-order valence-corrected chi connectivity index (χ1v) is 8.42. The number of hydrogen-bond acceptors (Lipinski definition) is 5. The van der Waals surface area contributed by atoms with E-state index >= 15 is 0 Å². The lowest BCUT2D eigenvalue weighted by atomic mass is 10.0. The highest BCUT2D eigenvalue weighted by molar-refractivity contribution is 7.98. The number of ketones is 1. The predicted molar refractivity (Wildman–Crippen MR) is 96.3 cm³/mol. The Morgan fingerprint density at radius 1 is 1.36 bits per heavy atom. The van der Waals surface area contributed by atoms with Gasteiger partial charge in [-0.15, -0.1) is 23.1 Å². The van der Waals surface area contributed by atoms with E-state index in [9.17, 15) is 9.59 Å². The maximum atomic E-state index is 12.1. The third kappa shape index (κ3) is 3.97.